The molecule has 2 aromatic rings. The van der Waals surface area contributed by atoms with Crippen LogP contribution in [0.25, 0.3) is 0 Å². The number of aromatic nitrogens is 1. The van der Waals surface area contributed by atoms with Crippen LogP contribution >= 0.6 is 11.8 Å². The zero-order valence-electron chi connectivity index (χ0n) is 13.5. The van der Waals surface area contributed by atoms with Gasteiger partial charge in [-0.15, -0.1) is 0 Å². The van der Waals surface area contributed by atoms with E-state index in [0.29, 0.717) is 11.4 Å². The minimum atomic E-state index is 0.0233. The molecule has 0 bridgehead atoms. The highest BCUT2D eigenvalue weighted by Gasteiger charge is 2.24. The maximum atomic E-state index is 13.0. The number of carbonyl (C=O) groups is 1. The Kier molecular flexibility index (Phi) is 4.43. The lowest BCUT2D eigenvalue weighted by Crippen LogP contribution is -2.35. The molecule has 24 heavy (non-hydrogen) atoms. The molecule has 0 saturated carbocycles. The molecule has 2 aliphatic rings. The van der Waals surface area contributed by atoms with Crippen LogP contribution in [0, 0.1) is 0 Å². The van der Waals surface area contributed by atoms with Gasteiger partial charge in [-0.05, 0) is 42.7 Å². The quantitative estimate of drug-likeness (QED) is 0.857. The summed E-state index contributed by atoms with van der Waals surface area (Å²) in [6.45, 7) is 0.758. The number of amides is 1. The molecule has 1 saturated heterocycles. The zero-order valence-corrected chi connectivity index (χ0v) is 14.3. The molecule has 1 aromatic heterocycles. The van der Waals surface area contributed by atoms with Crippen molar-refractivity contribution in [2.75, 3.05) is 23.0 Å². The molecule has 0 aliphatic carbocycles. The number of thioether (sulfide) groups is 1. The first kappa shape index (κ1) is 15.5. The van der Waals surface area contributed by atoms with Gasteiger partial charge in [-0.2, -0.15) is 11.8 Å². The van der Waals surface area contributed by atoms with Crippen LogP contribution in [0.5, 0.6) is 5.88 Å². The van der Waals surface area contributed by atoms with E-state index in [2.05, 4.69) is 11.1 Å². The van der Waals surface area contributed by atoms with Crippen LogP contribution in [0.2, 0.25) is 0 Å². The van der Waals surface area contributed by atoms with E-state index in [1.165, 1.54) is 5.56 Å². The van der Waals surface area contributed by atoms with Crippen LogP contribution in [-0.4, -0.2) is 35.0 Å². The van der Waals surface area contributed by atoms with E-state index < -0.39 is 0 Å². The number of anilines is 1. The minimum absolute atomic E-state index is 0.0233. The molecule has 0 spiro atoms. The molecule has 0 N–H and O–H groups in total. The number of hydrogen-bond donors (Lipinski definition) is 0. The van der Waals surface area contributed by atoms with Gasteiger partial charge < -0.3 is 9.64 Å². The molecule has 1 atom stereocenters. The highest BCUT2D eigenvalue weighted by molar-refractivity contribution is 7.99. The van der Waals surface area contributed by atoms with Crippen molar-refractivity contribution in [1.29, 1.82) is 0 Å². The van der Waals surface area contributed by atoms with Gasteiger partial charge in [-0.25, -0.2) is 4.98 Å². The summed E-state index contributed by atoms with van der Waals surface area (Å²) in [6, 6.07) is 11.7. The van der Waals surface area contributed by atoms with Gasteiger partial charge >= 0.3 is 0 Å². The number of hydrogen-bond acceptors (Lipinski definition) is 4. The van der Waals surface area contributed by atoms with Crippen LogP contribution in [-0.2, 0) is 6.42 Å². The fraction of sp³-hybridized carbons (Fsp3) is 0.368. The van der Waals surface area contributed by atoms with Gasteiger partial charge in [0, 0.05) is 35.8 Å². The fourth-order valence-electron chi connectivity index (χ4n) is 3.28. The number of aryl methyl sites for hydroxylation is 1. The lowest BCUT2D eigenvalue weighted by Gasteiger charge is -2.29. The molecule has 0 radical (unpaired) electrons. The summed E-state index contributed by atoms with van der Waals surface area (Å²) in [5, 5.41) is 0. The standard InChI is InChI=1S/C19H20N2O2S/c22-19(21-10-3-5-14-4-1-2-6-17(14)21)15-7-9-20-18(12-15)23-16-8-11-24-13-16/h1-2,4,6-7,9,12,16H,3,5,8,10-11,13H2/t16-/m0/s1. The molecule has 4 rings (SSSR count). The number of nitrogens with zero attached hydrogens (tertiary/aromatic N) is 2. The molecule has 2 aliphatic heterocycles. The van der Waals surface area contributed by atoms with E-state index in [1.54, 1.807) is 18.3 Å². The molecule has 3 heterocycles. The highest BCUT2D eigenvalue weighted by atomic mass is 32.2. The summed E-state index contributed by atoms with van der Waals surface area (Å²) in [7, 11) is 0. The Morgan fingerprint density at radius 3 is 3.08 bits per heavy atom. The molecule has 4 nitrogen and oxygen atoms in total. The molecule has 5 heteroatoms. The number of carbonyl (C=O) groups excluding carboxylic acids is 1. The van der Waals surface area contributed by atoms with Gasteiger partial charge in [-0.1, -0.05) is 18.2 Å². The van der Waals surface area contributed by atoms with Crippen molar-refractivity contribution in [3.8, 4) is 5.88 Å². The molecular formula is C19H20N2O2S. The topological polar surface area (TPSA) is 42.4 Å². The Bertz CT molecular complexity index is 744. The number of para-hydroxylation sites is 1. The Balaban J connectivity index is 1.56. The number of ether oxygens (including phenoxy) is 1. The molecule has 1 fully saturated rings. The third-order valence-corrected chi connectivity index (χ3v) is 5.64. The summed E-state index contributed by atoms with van der Waals surface area (Å²) >= 11 is 1.90. The van der Waals surface area contributed by atoms with E-state index in [1.807, 2.05) is 34.9 Å². The first-order valence-electron chi connectivity index (χ1n) is 8.41. The number of rotatable bonds is 3. The lowest BCUT2D eigenvalue weighted by molar-refractivity contribution is 0.0984. The van der Waals surface area contributed by atoms with E-state index in [9.17, 15) is 4.79 Å². The van der Waals surface area contributed by atoms with E-state index in [4.69, 9.17) is 4.74 Å². The Morgan fingerprint density at radius 1 is 1.29 bits per heavy atom. The summed E-state index contributed by atoms with van der Waals surface area (Å²) in [6.07, 6.45) is 4.95. The van der Waals surface area contributed by atoms with Gasteiger partial charge in [0.05, 0.1) is 0 Å². The Labute approximate surface area is 146 Å². The second-order valence-electron chi connectivity index (χ2n) is 6.18. The maximum absolute atomic E-state index is 13.0. The van der Waals surface area contributed by atoms with Gasteiger partial charge in [0.15, 0.2) is 0 Å². The SMILES string of the molecule is O=C(c1ccnc(O[C@H]2CCSC2)c1)N1CCCc2ccccc21. The van der Waals surface area contributed by atoms with Crippen LogP contribution in [0.3, 0.4) is 0 Å². The first-order valence-corrected chi connectivity index (χ1v) is 9.57. The van der Waals surface area contributed by atoms with Crippen LogP contribution in [0.15, 0.2) is 42.6 Å². The third-order valence-electron chi connectivity index (χ3n) is 4.51. The zero-order chi connectivity index (χ0) is 16.4. The fourth-order valence-corrected chi connectivity index (χ4v) is 4.38. The van der Waals surface area contributed by atoms with Crippen molar-refractivity contribution in [2.45, 2.75) is 25.4 Å². The molecule has 1 aromatic carbocycles. The Morgan fingerprint density at radius 2 is 2.21 bits per heavy atom. The number of benzene rings is 1. The second kappa shape index (κ2) is 6.85. The van der Waals surface area contributed by atoms with Crippen molar-refractivity contribution in [3.05, 3.63) is 53.7 Å². The van der Waals surface area contributed by atoms with Crippen LogP contribution in [0.1, 0.15) is 28.8 Å². The van der Waals surface area contributed by atoms with Crippen molar-refractivity contribution in [3.63, 3.8) is 0 Å². The van der Waals surface area contributed by atoms with Crippen LogP contribution < -0.4 is 9.64 Å². The number of pyridine rings is 1. The predicted octanol–water partition coefficient (Wildman–Crippen LogP) is 3.56. The van der Waals surface area contributed by atoms with Crippen molar-refractivity contribution >= 4 is 23.4 Å². The highest BCUT2D eigenvalue weighted by Crippen LogP contribution is 2.29. The monoisotopic (exact) mass is 340 g/mol. The van der Waals surface area contributed by atoms with Gasteiger partial charge in [-0.3, -0.25) is 4.79 Å². The smallest absolute Gasteiger partial charge is 0.258 e. The molecule has 0 unspecified atom stereocenters. The lowest BCUT2D eigenvalue weighted by atomic mass is 10.0. The van der Waals surface area contributed by atoms with E-state index in [0.717, 1.165) is 43.0 Å². The second-order valence-corrected chi connectivity index (χ2v) is 7.33. The summed E-state index contributed by atoms with van der Waals surface area (Å²) in [4.78, 5) is 19.1. The average molecular weight is 340 g/mol. The summed E-state index contributed by atoms with van der Waals surface area (Å²) in [5.74, 6) is 2.71. The third kappa shape index (κ3) is 3.13. The van der Waals surface area contributed by atoms with Crippen molar-refractivity contribution in [2.24, 2.45) is 0 Å². The van der Waals surface area contributed by atoms with Crippen LogP contribution in [0.4, 0.5) is 5.69 Å². The first-order chi connectivity index (χ1) is 11.8. The minimum Gasteiger partial charge on any atom is -0.473 e. The van der Waals surface area contributed by atoms with Gasteiger partial charge in [0.1, 0.15) is 6.10 Å². The van der Waals surface area contributed by atoms with E-state index >= 15 is 0 Å². The van der Waals surface area contributed by atoms with Crippen molar-refractivity contribution in [1.82, 2.24) is 4.98 Å². The molecular weight excluding hydrogens is 320 g/mol. The predicted molar refractivity (Wildman–Crippen MR) is 97.0 cm³/mol. The number of fused-ring (bicyclic) bond motifs is 1. The molecule has 124 valence electrons. The van der Waals surface area contributed by atoms with Gasteiger partial charge in [0.2, 0.25) is 5.88 Å². The maximum Gasteiger partial charge on any atom is 0.258 e. The normalized spacial score (nSPS) is 19.8. The van der Waals surface area contributed by atoms with Gasteiger partial charge in [0.25, 0.3) is 5.91 Å². The summed E-state index contributed by atoms with van der Waals surface area (Å²) in [5.41, 5.74) is 2.91. The average Bonchev–Trinajstić information content (AvgIpc) is 3.14. The Hall–Kier alpha value is -2.01. The summed E-state index contributed by atoms with van der Waals surface area (Å²) < 4.78 is 5.92. The molecule has 1 amide bonds. The van der Waals surface area contributed by atoms with E-state index in [-0.39, 0.29) is 12.0 Å². The van der Waals surface area contributed by atoms with Crippen molar-refractivity contribution < 1.29 is 9.53 Å². The largest absolute Gasteiger partial charge is 0.473 e.